The molecule has 0 aliphatic rings. The fraction of sp³-hybridized carbons (Fsp3) is 0.429. The topological polar surface area (TPSA) is 75.4 Å². The number of nitrogens with one attached hydrogen (secondary N) is 1. The third kappa shape index (κ3) is 2.46. The molecule has 0 aliphatic heterocycles. The van der Waals surface area contributed by atoms with E-state index in [1.807, 2.05) is 7.05 Å². The van der Waals surface area contributed by atoms with Crippen molar-refractivity contribution in [3.8, 4) is 0 Å². The van der Waals surface area contributed by atoms with Gasteiger partial charge in [-0.15, -0.1) is 0 Å². The molecule has 5 heteroatoms. The Kier molecular flexibility index (Phi) is 3.57. The molecule has 1 unspecified atom stereocenters. The van der Waals surface area contributed by atoms with Gasteiger partial charge in [-0.1, -0.05) is 6.07 Å². The van der Waals surface area contributed by atoms with Crippen LogP contribution in [-0.4, -0.2) is 29.7 Å². The van der Waals surface area contributed by atoms with E-state index in [1.54, 1.807) is 32.0 Å². The van der Waals surface area contributed by atoms with Crippen LogP contribution in [0.2, 0.25) is 0 Å². The fourth-order valence-corrected chi connectivity index (χ4v) is 2.14. The largest absolute Gasteiger partial charge is 0.481 e. The second-order valence-corrected chi connectivity index (χ2v) is 4.91. The number of fused-ring (bicyclic) bond motifs is 1. The number of carboxylic acid groups (broad SMARTS) is 1. The maximum Gasteiger partial charge on any atom is 0.313 e. The van der Waals surface area contributed by atoms with Crippen molar-refractivity contribution < 1.29 is 14.3 Å². The summed E-state index contributed by atoms with van der Waals surface area (Å²) in [5.74, 6) is -0.248. The summed E-state index contributed by atoms with van der Waals surface area (Å²) in [5, 5.41) is 12.5. The van der Waals surface area contributed by atoms with E-state index in [1.165, 1.54) is 0 Å². The van der Waals surface area contributed by atoms with Crippen molar-refractivity contribution in [2.45, 2.75) is 25.7 Å². The van der Waals surface area contributed by atoms with Gasteiger partial charge in [0.2, 0.25) is 0 Å². The molecule has 0 amide bonds. The van der Waals surface area contributed by atoms with E-state index < -0.39 is 11.4 Å². The third-order valence-electron chi connectivity index (χ3n) is 3.48. The number of aromatic nitrogens is 1. The average Bonchev–Trinajstić information content (AvgIpc) is 2.74. The SMILES string of the molecule is CNCCC(C)(C(=O)O)c1ccc2oc(C)nc2c1. The Labute approximate surface area is 111 Å². The summed E-state index contributed by atoms with van der Waals surface area (Å²) in [6.45, 7) is 4.15. The van der Waals surface area contributed by atoms with E-state index in [0.717, 1.165) is 5.56 Å². The molecule has 0 saturated carbocycles. The number of carbonyl (C=O) groups is 1. The number of benzene rings is 1. The molecule has 2 rings (SSSR count). The standard InChI is InChI=1S/C14H18N2O3/c1-9-16-11-8-10(4-5-12(11)19-9)14(2,13(17)18)6-7-15-3/h4-5,8,15H,6-7H2,1-3H3,(H,17,18). The van der Waals surface area contributed by atoms with Crippen molar-refractivity contribution in [3.05, 3.63) is 29.7 Å². The number of oxazole rings is 1. The number of aliphatic carboxylic acids is 1. The number of rotatable bonds is 5. The monoisotopic (exact) mass is 262 g/mol. The second kappa shape index (κ2) is 5.01. The Morgan fingerprint density at radius 1 is 1.53 bits per heavy atom. The maximum atomic E-state index is 11.6. The van der Waals surface area contributed by atoms with Gasteiger partial charge < -0.3 is 14.8 Å². The van der Waals surface area contributed by atoms with Crippen LogP contribution in [0.15, 0.2) is 22.6 Å². The summed E-state index contributed by atoms with van der Waals surface area (Å²) < 4.78 is 5.41. The van der Waals surface area contributed by atoms with Gasteiger partial charge in [-0.05, 0) is 44.6 Å². The van der Waals surface area contributed by atoms with Gasteiger partial charge >= 0.3 is 5.97 Å². The van der Waals surface area contributed by atoms with Crippen molar-refractivity contribution in [1.82, 2.24) is 10.3 Å². The molecule has 102 valence electrons. The van der Waals surface area contributed by atoms with Gasteiger partial charge in [0.1, 0.15) is 5.52 Å². The quantitative estimate of drug-likeness (QED) is 0.863. The predicted molar refractivity (Wildman–Crippen MR) is 72.3 cm³/mol. The molecule has 1 heterocycles. The summed E-state index contributed by atoms with van der Waals surface area (Å²) in [6, 6.07) is 5.39. The maximum absolute atomic E-state index is 11.6. The van der Waals surface area contributed by atoms with E-state index in [2.05, 4.69) is 10.3 Å². The van der Waals surface area contributed by atoms with Crippen LogP contribution >= 0.6 is 0 Å². The Morgan fingerprint density at radius 2 is 2.26 bits per heavy atom. The molecule has 5 nitrogen and oxygen atoms in total. The lowest BCUT2D eigenvalue weighted by Crippen LogP contribution is -2.35. The van der Waals surface area contributed by atoms with Gasteiger partial charge in [0.15, 0.2) is 11.5 Å². The van der Waals surface area contributed by atoms with Crippen molar-refractivity contribution in [1.29, 1.82) is 0 Å². The van der Waals surface area contributed by atoms with Crippen LogP contribution in [0.4, 0.5) is 0 Å². The third-order valence-corrected chi connectivity index (χ3v) is 3.48. The minimum Gasteiger partial charge on any atom is -0.481 e. The number of hydrogen-bond acceptors (Lipinski definition) is 4. The highest BCUT2D eigenvalue weighted by Crippen LogP contribution is 2.30. The van der Waals surface area contributed by atoms with E-state index in [0.29, 0.717) is 30.0 Å². The number of nitrogens with zero attached hydrogens (tertiary/aromatic N) is 1. The molecular weight excluding hydrogens is 244 g/mol. The molecule has 0 fully saturated rings. The van der Waals surface area contributed by atoms with Crippen molar-refractivity contribution in [3.63, 3.8) is 0 Å². The Hall–Kier alpha value is -1.88. The molecule has 19 heavy (non-hydrogen) atoms. The Morgan fingerprint density at radius 3 is 2.89 bits per heavy atom. The van der Waals surface area contributed by atoms with E-state index in [9.17, 15) is 9.90 Å². The lowest BCUT2D eigenvalue weighted by molar-refractivity contribution is -0.143. The van der Waals surface area contributed by atoms with Crippen LogP contribution < -0.4 is 5.32 Å². The van der Waals surface area contributed by atoms with Crippen molar-refractivity contribution in [2.24, 2.45) is 0 Å². The summed E-state index contributed by atoms with van der Waals surface area (Å²) in [6.07, 6.45) is 0.515. The van der Waals surface area contributed by atoms with E-state index >= 15 is 0 Å². The summed E-state index contributed by atoms with van der Waals surface area (Å²) in [7, 11) is 1.81. The zero-order valence-electron chi connectivity index (χ0n) is 11.4. The van der Waals surface area contributed by atoms with Gasteiger partial charge in [-0.25, -0.2) is 4.98 Å². The van der Waals surface area contributed by atoms with Crippen LogP contribution in [0.5, 0.6) is 0 Å². The zero-order chi connectivity index (χ0) is 14.0. The van der Waals surface area contributed by atoms with E-state index in [-0.39, 0.29) is 0 Å². The smallest absolute Gasteiger partial charge is 0.313 e. The molecule has 1 aromatic carbocycles. The Balaban J connectivity index is 2.46. The van der Waals surface area contributed by atoms with Gasteiger partial charge in [0.05, 0.1) is 5.41 Å². The first kappa shape index (κ1) is 13.5. The fourth-order valence-electron chi connectivity index (χ4n) is 2.14. The van der Waals surface area contributed by atoms with Crippen LogP contribution in [0.25, 0.3) is 11.1 Å². The molecule has 2 aromatic rings. The highest BCUT2D eigenvalue weighted by atomic mass is 16.4. The predicted octanol–water partition coefficient (Wildman–Crippen LogP) is 2.09. The summed E-state index contributed by atoms with van der Waals surface area (Å²) in [4.78, 5) is 15.8. The first-order valence-electron chi connectivity index (χ1n) is 6.23. The van der Waals surface area contributed by atoms with Crippen LogP contribution in [0.1, 0.15) is 24.8 Å². The normalized spacial score (nSPS) is 14.5. The zero-order valence-corrected chi connectivity index (χ0v) is 11.4. The Bertz CT molecular complexity index is 606. The molecule has 0 saturated heterocycles. The average molecular weight is 262 g/mol. The van der Waals surface area contributed by atoms with Crippen LogP contribution in [0, 0.1) is 6.92 Å². The number of hydrogen-bond donors (Lipinski definition) is 2. The van der Waals surface area contributed by atoms with Crippen LogP contribution in [-0.2, 0) is 10.2 Å². The second-order valence-electron chi connectivity index (χ2n) is 4.91. The van der Waals surface area contributed by atoms with Crippen molar-refractivity contribution >= 4 is 17.1 Å². The molecule has 1 aromatic heterocycles. The molecule has 0 aliphatic carbocycles. The summed E-state index contributed by atoms with van der Waals surface area (Å²) in [5.41, 5.74) is 1.20. The molecule has 0 spiro atoms. The molecule has 0 radical (unpaired) electrons. The van der Waals surface area contributed by atoms with Gasteiger partial charge in [0, 0.05) is 6.92 Å². The summed E-state index contributed by atoms with van der Waals surface area (Å²) >= 11 is 0. The molecular formula is C14H18N2O3. The number of carboxylic acids is 1. The molecule has 1 atom stereocenters. The van der Waals surface area contributed by atoms with Crippen LogP contribution in [0.3, 0.4) is 0 Å². The first-order valence-corrected chi connectivity index (χ1v) is 6.23. The highest BCUT2D eigenvalue weighted by Gasteiger charge is 2.34. The lowest BCUT2D eigenvalue weighted by Gasteiger charge is -2.25. The van der Waals surface area contributed by atoms with Crippen molar-refractivity contribution in [2.75, 3.05) is 13.6 Å². The van der Waals surface area contributed by atoms with Gasteiger partial charge in [0.25, 0.3) is 0 Å². The lowest BCUT2D eigenvalue weighted by atomic mass is 9.79. The number of aryl methyl sites for hydroxylation is 1. The van der Waals surface area contributed by atoms with Gasteiger partial charge in [-0.3, -0.25) is 4.79 Å². The molecule has 0 bridgehead atoms. The molecule has 2 N–H and O–H groups in total. The van der Waals surface area contributed by atoms with E-state index in [4.69, 9.17) is 4.42 Å². The minimum atomic E-state index is -0.927. The first-order chi connectivity index (χ1) is 8.97. The highest BCUT2D eigenvalue weighted by molar-refractivity contribution is 5.83. The minimum absolute atomic E-state index is 0.515. The van der Waals surface area contributed by atoms with Gasteiger partial charge in [-0.2, -0.15) is 0 Å².